The van der Waals surface area contributed by atoms with Crippen molar-refractivity contribution in [3.05, 3.63) is 34.9 Å². The molecule has 0 amide bonds. The lowest BCUT2D eigenvalue weighted by molar-refractivity contribution is 0.0291. The Bertz CT molecular complexity index is 906. The molecule has 0 bridgehead atoms. The van der Waals surface area contributed by atoms with E-state index in [9.17, 15) is 0 Å². The predicted octanol–water partition coefficient (Wildman–Crippen LogP) is 6.69. The summed E-state index contributed by atoms with van der Waals surface area (Å²) in [5.74, 6) is 1.32. The summed E-state index contributed by atoms with van der Waals surface area (Å²) in [5, 5.41) is 8.44. The lowest BCUT2D eigenvalue weighted by Crippen LogP contribution is -2.57. The van der Waals surface area contributed by atoms with Gasteiger partial charge in [0.15, 0.2) is 5.11 Å². The molecule has 1 aromatic rings. The Balaban J connectivity index is 1.25. The highest BCUT2D eigenvalue weighted by atomic mass is 32.1. The van der Waals surface area contributed by atoms with E-state index in [1.165, 1.54) is 89.3 Å². The van der Waals surface area contributed by atoms with Gasteiger partial charge in [-0.25, -0.2) is 0 Å². The zero-order valence-electron chi connectivity index (χ0n) is 22.8. The molecule has 2 N–H and O–H groups in total. The standard InChI is InChI=1S/C31H49N3S/c1-22(2)23-12-14-25-24(20-23)13-15-28-30(3,16-9-17-31(25,28)4)21-32-29(35)33-26-10-5-6-11-27(26)34-18-7-8-19-34/h12,14,20,22,26-28H,5-11,13,15-19,21H2,1-4H3,(H2,32,33,35)/t26-,27-,28-,30-,31+/m0/s1. The number of hydrogen-bond donors (Lipinski definition) is 2. The molecule has 5 atom stereocenters. The molecular weight excluding hydrogens is 446 g/mol. The Morgan fingerprint density at radius 2 is 1.80 bits per heavy atom. The second-order valence-corrected chi connectivity index (χ2v) is 13.5. The molecule has 0 unspecified atom stereocenters. The highest BCUT2D eigenvalue weighted by Crippen LogP contribution is 2.57. The summed E-state index contributed by atoms with van der Waals surface area (Å²) in [6.07, 6.45) is 14.5. The van der Waals surface area contributed by atoms with Gasteiger partial charge in [-0.05, 0) is 116 Å². The van der Waals surface area contributed by atoms with Crippen LogP contribution < -0.4 is 10.6 Å². The van der Waals surface area contributed by atoms with E-state index < -0.39 is 0 Å². The zero-order chi connectivity index (χ0) is 24.6. The highest BCUT2D eigenvalue weighted by molar-refractivity contribution is 7.80. The van der Waals surface area contributed by atoms with Gasteiger partial charge in [-0.15, -0.1) is 0 Å². The molecule has 2 saturated carbocycles. The van der Waals surface area contributed by atoms with E-state index >= 15 is 0 Å². The zero-order valence-corrected chi connectivity index (χ0v) is 23.6. The fraction of sp³-hybridized carbons (Fsp3) is 0.774. The van der Waals surface area contributed by atoms with Gasteiger partial charge in [-0.3, -0.25) is 4.90 Å². The molecule has 0 radical (unpaired) electrons. The van der Waals surface area contributed by atoms with Gasteiger partial charge in [-0.2, -0.15) is 0 Å². The lowest BCUT2D eigenvalue weighted by atomic mass is 9.49. The van der Waals surface area contributed by atoms with Crippen molar-refractivity contribution >= 4 is 17.3 Å². The molecule has 1 aliphatic heterocycles. The summed E-state index contributed by atoms with van der Waals surface area (Å²) in [6, 6.07) is 8.60. The normalized spacial score (nSPS) is 35.4. The smallest absolute Gasteiger partial charge is 0.166 e. The van der Waals surface area contributed by atoms with Crippen LogP contribution in [0.5, 0.6) is 0 Å². The Morgan fingerprint density at radius 3 is 2.57 bits per heavy atom. The molecular formula is C31H49N3S. The Morgan fingerprint density at radius 1 is 1.03 bits per heavy atom. The summed E-state index contributed by atoms with van der Waals surface area (Å²) in [6.45, 7) is 13.3. The summed E-state index contributed by atoms with van der Waals surface area (Å²) in [5.41, 5.74) is 5.33. The number of likely N-dealkylation sites (tertiary alicyclic amines) is 1. The molecule has 1 heterocycles. The first-order valence-electron chi connectivity index (χ1n) is 14.7. The van der Waals surface area contributed by atoms with Crippen molar-refractivity contribution in [1.82, 2.24) is 15.5 Å². The van der Waals surface area contributed by atoms with Crippen LogP contribution in [0.1, 0.15) is 115 Å². The Hall–Kier alpha value is -1.13. The number of fused-ring (bicyclic) bond motifs is 3. The minimum atomic E-state index is 0.286. The van der Waals surface area contributed by atoms with Gasteiger partial charge in [0.05, 0.1) is 0 Å². The van der Waals surface area contributed by atoms with Gasteiger partial charge in [-0.1, -0.05) is 65.2 Å². The monoisotopic (exact) mass is 495 g/mol. The quantitative estimate of drug-likeness (QED) is 0.445. The van der Waals surface area contributed by atoms with Crippen molar-refractivity contribution in [2.75, 3.05) is 19.6 Å². The van der Waals surface area contributed by atoms with Gasteiger partial charge in [0.25, 0.3) is 0 Å². The maximum atomic E-state index is 5.92. The van der Waals surface area contributed by atoms with Crippen LogP contribution in [-0.4, -0.2) is 41.7 Å². The third kappa shape index (κ3) is 5.04. The number of aryl methyl sites for hydroxylation is 1. The number of hydrogen-bond acceptors (Lipinski definition) is 2. The van der Waals surface area contributed by atoms with Gasteiger partial charge in [0.1, 0.15) is 0 Å². The Kier molecular flexibility index (Phi) is 7.53. The van der Waals surface area contributed by atoms with Crippen molar-refractivity contribution < 1.29 is 0 Å². The molecule has 4 aliphatic rings. The van der Waals surface area contributed by atoms with E-state index in [2.05, 4.69) is 61.4 Å². The third-order valence-corrected chi connectivity index (χ3v) is 10.7. The number of benzene rings is 1. The average Bonchev–Trinajstić information content (AvgIpc) is 3.38. The number of nitrogens with zero attached hydrogens (tertiary/aromatic N) is 1. The van der Waals surface area contributed by atoms with Gasteiger partial charge in [0, 0.05) is 18.6 Å². The van der Waals surface area contributed by atoms with Crippen molar-refractivity contribution in [2.24, 2.45) is 11.3 Å². The molecule has 5 rings (SSSR count). The molecule has 4 heteroatoms. The second-order valence-electron chi connectivity index (χ2n) is 13.1. The minimum Gasteiger partial charge on any atom is -0.362 e. The van der Waals surface area contributed by atoms with Crippen LogP contribution in [0.25, 0.3) is 0 Å². The molecule has 1 saturated heterocycles. The van der Waals surface area contributed by atoms with E-state index in [4.69, 9.17) is 12.2 Å². The minimum absolute atomic E-state index is 0.286. The Labute approximate surface area is 220 Å². The van der Waals surface area contributed by atoms with Crippen LogP contribution in [0.2, 0.25) is 0 Å². The van der Waals surface area contributed by atoms with E-state index in [-0.39, 0.29) is 10.8 Å². The van der Waals surface area contributed by atoms with Gasteiger partial charge in [0.2, 0.25) is 0 Å². The van der Waals surface area contributed by atoms with Gasteiger partial charge >= 0.3 is 0 Å². The summed E-state index contributed by atoms with van der Waals surface area (Å²) < 4.78 is 0. The third-order valence-electron chi connectivity index (χ3n) is 10.5. The molecule has 3 nitrogen and oxygen atoms in total. The lowest BCUT2D eigenvalue weighted by Gasteiger charge is -2.55. The molecule has 0 aromatic heterocycles. The number of nitrogens with one attached hydrogen (secondary N) is 2. The van der Waals surface area contributed by atoms with E-state index in [1.54, 1.807) is 11.1 Å². The molecule has 1 aromatic carbocycles. The number of rotatable bonds is 5. The van der Waals surface area contributed by atoms with Crippen molar-refractivity contribution in [1.29, 1.82) is 0 Å². The maximum absolute atomic E-state index is 5.92. The molecule has 3 aliphatic carbocycles. The number of thiocarbonyl (C=S) groups is 1. The van der Waals surface area contributed by atoms with Crippen LogP contribution in [0.15, 0.2) is 18.2 Å². The first-order valence-corrected chi connectivity index (χ1v) is 15.1. The first kappa shape index (κ1) is 25.5. The van der Waals surface area contributed by atoms with Gasteiger partial charge < -0.3 is 10.6 Å². The summed E-state index contributed by atoms with van der Waals surface area (Å²) in [4.78, 5) is 2.73. The molecule has 194 valence electrons. The SMILES string of the molecule is CC(C)c1ccc2c(c1)CC[C@H]1[C@](C)(CNC(=S)N[C@H]3CCCC[C@@H]3N3CCCC3)CCC[C@]21C. The van der Waals surface area contributed by atoms with Crippen molar-refractivity contribution in [2.45, 2.75) is 122 Å². The summed E-state index contributed by atoms with van der Waals surface area (Å²) in [7, 11) is 0. The fourth-order valence-corrected chi connectivity index (χ4v) is 8.73. The van der Waals surface area contributed by atoms with Crippen molar-refractivity contribution in [3.63, 3.8) is 0 Å². The second kappa shape index (κ2) is 10.3. The topological polar surface area (TPSA) is 27.3 Å². The van der Waals surface area contributed by atoms with Crippen LogP contribution >= 0.6 is 12.2 Å². The van der Waals surface area contributed by atoms with Crippen LogP contribution in [-0.2, 0) is 11.8 Å². The van der Waals surface area contributed by atoms with Crippen LogP contribution in [0.3, 0.4) is 0 Å². The predicted molar refractivity (Wildman–Crippen MR) is 152 cm³/mol. The van der Waals surface area contributed by atoms with E-state index in [0.29, 0.717) is 23.9 Å². The fourth-order valence-electron chi connectivity index (χ4n) is 8.51. The first-order chi connectivity index (χ1) is 16.8. The highest BCUT2D eigenvalue weighted by Gasteiger charge is 2.51. The summed E-state index contributed by atoms with van der Waals surface area (Å²) >= 11 is 5.92. The van der Waals surface area contributed by atoms with Crippen LogP contribution in [0, 0.1) is 11.3 Å². The largest absolute Gasteiger partial charge is 0.362 e. The van der Waals surface area contributed by atoms with E-state index in [0.717, 1.165) is 11.7 Å². The maximum Gasteiger partial charge on any atom is 0.166 e. The molecule has 35 heavy (non-hydrogen) atoms. The van der Waals surface area contributed by atoms with Crippen LogP contribution in [0.4, 0.5) is 0 Å². The molecule has 3 fully saturated rings. The average molecular weight is 496 g/mol. The molecule has 0 spiro atoms. The van der Waals surface area contributed by atoms with Crippen molar-refractivity contribution in [3.8, 4) is 0 Å². The van der Waals surface area contributed by atoms with E-state index in [1.807, 2.05) is 0 Å².